The van der Waals surface area contributed by atoms with Crippen molar-refractivity contribution in [2.45, 2.75) is 19.8 Å². The number of hydrogen-bond acceptors (Lipinski definition) is 2. The zero-order chi connectivity index (χ0) is 9.03. The summed E-state index contributed by atoms with van der Waals surface area (Å²) in [7, 11) is 0. The number of rotatable bonds is 3. The first-order chi connectivity index (χ1) is 5.75. The Hall–Kier alpha value is -1.30. The van der Waals surface area contributed by atoms with Crippen LogP contribution in [0.15, 0.2) is 12.2 Å². The van der Waals surface area contributed by atoms with E-state index < -0.39 is 5.41 Å². The largest absolute Gasteiger partial charge is 0.351 e. The van der Waals surface area contributed by atoms with Gasteiger partial charge >= 0.3 is 0 Å². The van der Waals surface area contributed by atoms with Gasteiger partial charge in [0.05, 0.1) is 6.07 Å². The first-order valence-electron chi connectivity index (χ1n) is 4.06. The van der Waals surface area contributed by atoms with Crippen LogP contribution in [0.5, 0.6) is 0 Å². The molecule has 1 amide bonds. The molecule has 0 aromatic carbocycles. The van der Waals surface area contributed by atoms with Gasteiger partial charge < -0.3 is 5.32 Å². The molecule has 1 N–H and O–H groups in total. The minimum absolute atomic E-state index is 0.122. The number of carbonyl (C=O) groups is 1. The third-order valence-corrected chi connectivity index (χ3v) is 2.01. The number of allylic oxidation sites excluding steroid dienone is 1. The summed E-state index contributed by atoms with van der Waals surface area (Å²) < 4.78 is 0. The third-order valence-electron chi connectivity index (χ3n) is 2.01. The van der Waals surface area contributed by atoms with Crippen LogP contribution in [0.2, 0.25) is 0 Å². The van der Waals surface area contributed by atoms with E-state index in [4.69, 9.17) is 5.26 Å². The van der Waals surface area contributed by atoms with Crippen LogP contribution in [-0.2, 0) is 4.79 Å². The van der Waals surface area contributed by atoms with E-state index in [0.29, 0.717) is 19.4 Å². The van der Waals surface area contributed by atoms with Crippen LogP contribution in [-0.4, -0.2) is 12.5 Å². The Labute approximate surface area is 72.1 Å². The number of carbonyl (C=O) groups excluding carboxylic acids is 1. The molecule has 0 saturated heterocycles. The Morgan fingerprint density at radius 2 is 2.42 bits per heavy atom. The Balaban J connectivity index is 2.35. The number of nitrogens with zero attached hydrogens (tertiary/aromatic N) is 1. The lowest BCUT2D eigenvalue weighted by Gasteiger charge is -2.04. The topological polar surface area (TPSA) is 52.9 Å². The van der Waals surface area contributed by atoms with Crippen LogP contribution in [0.3, 0.4) is 0 Å². The Kier molecular flexibility index (Phi) is 2.49. The van der Waals surface area contributed by atoms with E-state index >= 15 is 0 Å². The predicted molar refractivity (Wildman–Crippen MR) is 45.1 cm³/mol. The van der Waals surface area contributed by atoms with Gasteiger partial charge in [0.2, 0.25) is 5.91 Å². The van der Waals surface area contributed by atoms with Gasteiger partial charge in [0.1, 0.15) is 5.41 Å². The van der Waals surface area contributed by atoms with Crippen LogP contribution < -0.4 is 5.32 Å². The Morgan fingerprint density at radius 1 is 1.75 bits per heavy atom. The summed E-state index contributed by atoms with van der Waals surface area (Å²) in [6.45, 7) is 2.42. The van der Waals surface area contributed by atoms with Crippen molar-refractivity contribution in [2.24, 2.45) is 5.41 Å². The summed E-state index contributed by atoms with van der Waals surface area (Å²) in [5.41, 5.74) is -0.679. The molecule has 0 aromatic rings. The first kappa shape index (κ1) is 8.79. The van der Waals surface area contributed by atoms with E-state index in [1.807, 2.05) is 25.1 Å². The first-order valence-corrected chi connectivity index (χ1v) is 4.06. The fourth-order valence-electron chi connectivity index (χ4n) is 0.953. The highest BCUT2D eigenvalue weighted by molar-refractivity contribution is 5.88. The van der Waals surface area contributed by atoms with Crippen LogP contribution in [0, 0.1) is 16.7 Å². The minimum Gasteiger partial charge on any atom is -0.351 e. The molecule has 0 atom stereocenters. The quantitative estimate of drug-likeness (QED) is 0.632. The van der Waals surface area contributed by atoms with Crippen molar-refractivity contribution in [3.8, 4) is 6.07 Å². The zero-order valence-electron chi connectivity index (χ0n) is 7.13. The van der Waals surface area contributed by atoms with Gasteiger partial charge in [-0.3, -0.25) is 4.79 Å². The van der Waals surface area contributed by atoms with E-state index in [0.717, 1.165) is 0 Å². The lowest BCUT2D eigenvalue weighted by atomic mass is 10.1. The minimum atomic E-state index is -0.679. The van der Waals surface area contributed by atoms with E-state index in [-0.39, 0.29) is 5.91 Å². The molecule has 3 heteroatoms. The summed E-state index contributed by atoms with van der Waals surface area (Å²) >= 11 is 0. The van der Waals surface area contributed by atoms with Crippen molar-refractivity contribution in [3.63, 3.8) is 0 Å². The second-order valence-electron chi connectivity index (χ2n) is 2.97. The number of nitriles is 1. The van der Waals surface area contributed by atoms with Crippen LogP contribution >= 0.6 is 0 Å². The molecule has 1 fully saturated rings. The highest BCUT2D eigenvalue weighted by Gasteiger charge is 2.50. The molecule has 12 heavy (non-hydrogen) atoms. The van der Waals surface area contributed by atoms with E-state index in [1.165, 1.54) is 0 Å². The second-order valence-corrected chi connectivity index (χ2v) is 2.97. The molecule has 1 saturated carbocycles. The normalized spacial score (nSPS) is 18.7. The maximum atomic E-state index is 11.3. The summed E-state index contributed by atoms with van der Waals surface area (Å²) in [6, 6.07) is 2.04. The van der Waals surface area contributed by atoms with Crippen LogP contribution in [0.1, 0.15) is 19.8 Å². The van der Waals surface area contributed by atoms with Gasteiger partial charge in [-0.25, -0.2) is 0 Å². The molecule has 0 heterocycles. The summed E-state index contributed by atoms with van der Waals surface area (Å²) in [5, 5.41) is 11.3. The average molecular weight is 164 g/mol. The number of amides is 1. The molecule has 0 radical (unpaired) electrons. The second kappa shape index (κ2) is 3.40. The van der Waals surface area contributed by atoms with Gasteiger partial charge in [-0.2, -0.15) is 5.26 Å². The number of nitrogens with one attached hydrogen (secondary N) is 1. The van der Waals surface area contributed by atoms with E-state index in [9.17, 15) is 4.79 Å². The van der Waals surface area contributed by atoms with Crippen molar-refractivity contribution in [3.05, 3.63) is 12.2 Å². The summed E-state index contributed by atoms with van der Waals surface area (Å²) in [5.74, 6) is -0.122. The molecule has 0 unspecified atom stereocenters. The highest BCUT2D eigenvalue weighted by atomic mass is 16.2. The molecule has 0 aromatic heterocycles. The van der Waals surface area contributed by atoms with Crippen LogP contribution in [0.4, 0.5) is 0 Å². The maximum absolute atomic E-state index is 11.3. The van der Waals surface area contributed by atoms with Crippen molar-refractivity contribution < 1.29 is 4.79 Å². The molecular formula is C9H12N2O. The Morgan fingerprint density at radius 3 is 2.83 bits per heavy atom. The van der Waals surface area contributed by atoms with Crippen molar-refractivity contribution in [2.75, 3.05) is 6.54 Å². The maximum Gasteiger partial charge on any atom is 0.240 e. The third kappa shape index (κ3) is 1.65. The molecule has 0 spiro atoms. The van der Waals surface area contributed by atoms with Crippen molar-refractivity contribution in [1.29, 1.82) is 5.26 Å². The SMILES string of the molecule is C/C=C/CNC(=O)C1(C#N)CC1. The van der Waals surface area contributed by atoms with Gasteiger partial charge in [0, 0.05) is 6.54 Å². The highest BCUT2D eigenvalue weighted by Crippen LogP contribution is 2.44. The smallest absolute Gasteiger partial charge is 0.240 e. The van der Waals surface area contributed by atoms with Crippen LogP contribution in [0.25, 0.3) is 0 Å². The molecule has 1 aliphatic carbocycles. The fourth-order valence-corrected chi connectivity index (χ4v) is 0.953. The number of hydrogen-bond donors (Lipinski definition) is 1. The average Bonchev–Trinajstić information content (AvgIpc) is 2.85. The molecular weight excluding hydrogens is 152 g/mol. The van der Waals surface area contributed by atoms with Gasteiger partial charge in [0.25, 0.3) is 0 Å². The summed E-state index contributed by atoms with van der Waals surface area (Å²) in [4.78, 5) is 11.3. The standard InChI is InChI=1S/C9H12N2O/c1-2-3-6-11-8(12)9(7-10)4-5-9/h2-3H,4-6H2,1H3,(H,11,12)/b3-2+. The van der Waals surface area contributed by atoms with E-state index in [1.54, 1.807) is 0 Å². The molecule has 1 rings (SSSR count). The monoisotopic (exact) mass is 164 g/mol. The van der Waals surface area contributed by atoms with Gasteiger partial charge in [-0.1, -0.05) is 12.2 Å². The lowest BCUT2D eigenvalue weighted by Crippen LogP contribution is -2.31. The van der Waals surface area contributed by atoms with E-state index in [2.05, 4.69) is 5.32 Å². The van der Waals surface area contributed by atoms with Gasteiger partial charge in [0.15, 0.2) is 0 Å². The van der Waals surface area contributed by atoms with Crippen molar-refractivity contribution in [1.82, 2.24) is 5.32 Å². The van der Waals surface area contributed by atoms with Gasteiger partial charge in [-0.05, 0) is 19.8 Å². The molecule has 1 aliphatic rings. The molecule has 0 aliphatic heterocycles. The molecule has 3 nitrogen and oxygen atoms in total. The Bertz CT molecular complexity index is 246. The predicted octanol–water partition coefficient (Wildman–Crippen LogP) is 0.982. The zero-order valence-corrected chi connectivity index (χ0v) is 7.13. The van der Waals surface area contributed by atoms with Gasteiger partial charge in [-0.15, -0.1) is 0 Å². The van der Waals surface area contributed by atoms with Crippen molar-refractivity contribution >= 4 is 5.91 Å². The fraction of sp³-hybridized carbons (Fsp3) is 0.556. The summed E-state index contributed by atoms with van der Waals surface area (Å²) in [6.07, 6.45) is 5.15. The molecule has 0 bridgehead atoms. The molecule has 64 valence electrons. The lowest BCUT2D eigenvalue weighted by molar-refractivity contribution is -0.124.